The maximum absolute atomic E-state index is 11.2. The minimum atomic E-state index is -1.21. The number of hydrogen-bond acceptors (Lipinski definition) is 5. The first kappa shape index (κ1) is 23.1. The average Bonchev–Trinajstić information content (AvgIpc) is 2.76. The molecule has 32 heavy (non-hydrogen) atoms. The normalized spacial score (nSPS) is 36.7. The summed E-state index contributed by atoms with van der Waals surface area (Å²) in [5.41, 5.74) is 0.917. The third-order valence-corrected chi connectivity index (χ3v) is 6.58. The second-order valence-electron chi connectivity index (χ2n) is 9.51. The van der Waals surface area contributed by atoms with Gasteiger partial charge in [0, 0.05) is 12.0 Å². The van der Waals surface area contributed by atoms with Gasteiger partial charge in [-0.2, -0.15) is 0 Å². The quantitative estimate of drug-likeness (QED) is 0.511. The Hall–Kier alpha value is -2.02. The first-order chi connectivity index (χ1) is 15.2. The van der Waals surface area contributed by atoms with Crippen molar-refractivity contribution >= 4 is 0 Å². The van der Waals surface area contributed by atoms with E-state index in [4.69, 9.17) is 18.9 Å². The van der Waals surface area contributed by atoms with E-state index in [0.717, 1.165) is 16.7 Å². The Morgan fingerprint density at radius 2 is 2.00 bits per heavy atom. The Bertz CT molecular complexity index is 889. The molecule has 3 saturated heterocycles. The summed E-state index contributed by atoms with van der Waals surface area (Å²) in [5, 5.41) is 11.2. The van der Waals surface area contributed by atoms with Gasteiger partial charge in [-0.1, -0.05) is 67.3 Å². The zero-order valence-electron chi connectivity index (χ0n) is 19.0. The van der Waals surface area contributed by atoms with Crippen LogP contribution in [0.4, 0.5) is 0 Å². The first-order valence-corrected chi connectivity index (χ1v) is 11.2. The molecule has 0 amide bonds. The highest BCUT2D eigenvalue weighted by molar-refractivity contribution is 5.26. The van der Waals surface area contributed by atoms with Crippen LogP contribution in [0.25, 0.3) is 0 Å². The van der Waals surface area contributed by atoms with E-state index in [1.807, 2.05) is 43.3 Å². The van der Waals surface area contributed by atoms with Gasteiger partial charge in [0.1, 0.15) is 17.3 Å². The molecule has 3 aliphatic rings. The van der Waals surface area contributed by atoms with Gasteiger partial charge in [0.25, 0.3) is 0 Å². The fourth-order valence-corrected chi connectivity index (χ4v) is 4.78. The summed E-state index contributed by atoms with van der Waals surface area (Å²) in [6.07, 6.45) is 5.82. The predicted octanol–water partition coefficient (Wildman–Crippen LogP) is 4.80. The molecule has 0 aliphatic carbocycles. The fourth-order valence-electron chi connectivity index (χ4n) is 4.78. The topological polar surface area (TPSA) is 57.2 Å². The summed E-state index contributed by atoms with van der Waals surface area (Å²) in [6.45, 7) is 16.1. The van der Waals surface area contributed by atoms with Crippen molar-refractivity contribution in [2.75, 3.05) is 6.61 Å². The molecule has 3 aliphatic heterocycles. The van der Waals surface area contributed by atoms with Crippen molar-refractivity contribution in [3.05, 3.63) is 85.0 Å². The lowest BCUT2D eigenvalue weighted by Crippen LogP contribution is -2.63. The molecule has 0 aromatic heterocycles. The monoisotopic (exact) mass is 438 g/mol. The summed E-state index contributed by atoms with van der Waals surface area (Å²) >= 11 is 0. The third kappa shape index (κ3) is 4.68. The highest BCUT2D eigenvalue weighted by Gasteiger charge is 2.54. The van der Waals surface area contributed by atoms with E-state index in [2.05, 4.69) is 19.7 Å². The van der Waals surface area contributed by atoms with E-state index < -0.39 is 23.6 Å². The van der Waals surface area contributed by atoms with Gasteiger partial charge in [0.05, 0.1) is 24.9 Å². The van der Waals surface area contributed by atoms with Crippen molar-refractivity contribution in [1.82, 2.24) is 0 Å². The molecule has 3 heterocycles. The van der Waals surface area contributed by atoms with Gasteiger partial charge >= 0.3 is 0 Å². The fraction of sp³-hybridized carbons (Fsp3) is 0.481. The number of fused-ring (bicyclic) bond motifs is 2. The number of rotatable bonds is 6. The summed E-state index contributed by atoms with van der Waals surface area (Å²) in [6, 6.07) is 9.92. The molecule has 172 valence electrons. The predicted molar refractivity (Wildman–Crippen MR) is 124 cm³/mol. The smallest absolute Gasteiger partial charge is 0.184 e. The molecule has 0 bridgehead atoms. The van der Waals surface area contributed by atoms with Gasteiger partial charge < -0.3 is 24.1 Å². The van der Waals surface area contributed by atoms with Crippen LogP contribution in [-0.2, 0) is 18.9 Å². The number of allylic oxidation sites excluding steroid dienone is 3. The van der Waals surface area contributed by atoms with Gasteiger partial charge in [0.2, 0.25) is 0 Å². The van der Waals surface area contributed by atoms with Crippen LogP contribution in [0.1, 0.15) is 45.0 Å². The highest BCUT2D eigenvalue weighted by atomic mass is 16.7. The molecule has 3 fully saturated rings. The van der Waals surface area contributed by atoms with Gasteiger partial charge in [-0.25, -0.2) is 0 Å². The molecule has 4 rings (SSSR count). The van der Waals surface area contributed by atoms with Crippen LogP contribution >= 0.6 is 0 Å². The lowest BCUT2D eigenvalue weighted by atomic mass is 9.80. The molecule has 5 nitrogen and oxygen atoms in total. The summed E-state index contributed by atoms with van der Waals surface area (Å²) < 4.78 is 25.2. The lowest BCUT2D eigenvalue weighted by Gasteiger charge is -2.54. The standard InChI is InChI=1S/C27H34O5/c1-6-10-18(2)13-14-26(4,28)24-19(3)15-22-21(30-24)16-23-27(5,32-22)17-29-25(31-23)20-11-8-7-9-12-20/h6-9,11-14,21-25,28H,1-3,10,15-17H2,4-5H3/b14-13+/t21-,22+,23+,24+,25-,26-,27-/m1/s1. The van der Waals surface area contributed by atoms with Gasteiger partial charge in [-0.05, 0) is 32.3 Å². The minimum Gasteiger partial charge on any atom is -0.383 e. The maximum Gasteiger partial charge on any atom is 0.184 e. The average molecular weight is 439 g/mol. The van der Waals surface area contributed by atoms with Crippen LogP contribution in [0.5, 0.6) is 0 Å². The SMILES string of the molecule is C=CCC(=C)/C=C/[C@@](C)(O)[C@H]1O[C@@H]2C[C@@H]3O[C@H](c4ccccc4)OC[C@@]3(C)O[C@H]2CC1=C. The Balaban J connectivity index is 1.47. The zero-order valence-corrected chi connectivity index (χ0v) is 19.0. The molecule has 0 unspecified atom stereocenters. The van der Waals surface area contributed by atoms with Crippen molar-refractivity contribution in [1.29, 1.82) is 0 Å². The molecule has 0 spiro atoms. The van der Waals surface area contributed by atoms with Crippen LogP contribution in [-0.4, -0.2) is 47.3 Å². The largest absolute Gasteiger partial charge is 0.383 e. The third-order valence-electron chi connectivity index (χ3n) is 6.58. The Morgan fingerprint density at radius 3 is 2.72 bits per heavy atom. The van der Waals surface area contributed by atoms with E-state index in [1.54, 1.807) is 19.1 Å². The van der Waals surface area contributed by atoms with Crippen molar-refractivity contribution in [2.24, 2.45) is 0 Å². The molecule has 0 saturated carbocycles. The minimum absolute atomic E-state index is 0.143. The van der Waals surface area contributed by atoms with Crippen molar-refractivity contribution < 1.29 is 24.1 Å². The van der Waals surface area contributed by atoms with Crippen LogP contribution in [0.2, 0.25) is 0 Å². The molecule has 0 radical (unpaired) electrons. The van der Waals surface area contributed by atoms with Crippen LogP contribution in [0, 0.1) is 0 Å². The molecule has 1 aromatic carbocycles. The van der Waals surface area contributed by atoms with Gasteiger partial charge in [-0.15, -0.1) is 6.58 Å². The van der Waals surface area contributed by atoms with E-state index in [-0.39, 0.29) is 18.3 Å². The summed E-state index contributed by atoms with van der Waals surface area (Å²) in [5.74, 6) is 0. The number of benzene rings is 1. The second-order valence-corrected chi connectivity index (χ2v) is 9.51. The van der Waals surface area contributed by atoms with E-state index >= 15 is 0 Å². The number of aliphatic hydroxyl groups is 1. The maximum atomic E-state index is 11.2. The first-order valence-electron chi connectivity index (χ1n) is 11.2. The Labute approximate surface area is 191 Å². The van der Waals surface area contributed by atoms with Crippen LogP contribution in [0.3, 0.4) is 0 Å². The van der Waals surface area contributed by atoms with Crippen LogP contribution < -0.4 is 0 Å². The Morgan fingerprint density at radius 1 is 1.25 bits per heavy atom. The van der Waals surface area contributed by atoms with Gasteiger partial charge in [0.15, 0.2) is 6.29 Å². The molecule has 1 aromatic rings. The van der Waals surface area contributed by atoms with E-state index in [0.29, 0.717) is 25.9 Å². The van der Waals surface area contributed by atoms with Gasteiger partial charge in [-0.3, -0.25) is 0 Å². The molecule has 1 N–H and O–H groups in total. The molecule has 5 heteroatoms. The van der Waals surface area contributed by atoms with E-state index in [1.165, 1.54) is 0 Å². The second kappa shape index (κ2) is 9.08. The van der Waals surface area contributed by atoms with Crippen LogP contribution in [0.15, 0.2) is 79.4 Å². The number of ether oxygens (including phenoxy) is 4. The Kier molecular flexibility index (Phi) is 6.57. The zero-order chi connectivity index (χ0) is 22.9. The van der Waals surface area contributed by atoms with E-state index in [9.17, 15) is 5.11 Å². The summed E-state index contributed by atoms with van der Waals surface area (Å²) in [7, 11) is 0. The summed E-state index contributed by atoms with van der Waals surface area (Å²) in [4.78, 5) is 0. The van der Waals surface area contributed by atoms with Crippen molar-refractivity contribution in [3.63, 3.8) is 0 Å². The van der Waals surface area contributed by atoms with Crippen molar-refractivity contribution in [3.8, 4) is 0 Å². The molecular formula is C27H34O5. The molecule has 7 atom stereocenters. The highest BCUT2D eigenvalue weighted by Crippen LogP contribution is 2.45. The van der Waals surface area contributed by atoms with Crippen molar-refractivity contribution in [2.45, 2.75) is 75.0 Å². The number of hydrogen-bond donors (Lipinski definition) is 1. The lowest BCUT2D eigenvalue weighted by molar-refractivity contribution is -0.347. The molecular weight excluding hydrogens is 404 g/mol.